The number of rotatable bonds is 3. The summed E-state index contributed by atoms with van der Waals surface area (Å²) in [5, 5.41) is 18.3. The molecule has 0 aromatic carbocycles. The van der Waals surface area contributed by atoms with Crippen molar-refractivity contribution in [1.29, 1.82) is 0 Å². The van der Waals surface area contributed by atoms with Crippen LogP contribution < -0.4 is 0 Å². The number of aliphatic hydroxyl groups excluding tert-OH is 1. The van der Waals surface area contributed by atoms with E-state index in [-0.39, 0.29) is 17.9 Å². The van der Waals surface area contributed by atoms with E-state index in [0.717, 1.165) is 24.0 Å². The Bertz CT molecular complexity index is 766. The Balaban J connectivity index is 1.55. The highest BCUT2D eigenvalue weighted by atomic mass is 16.5. The van der Waals surface area contributed by atoms with Gasteiger partial charge in [-0.1, -0.05) is 5.16 Å². The fourth-order valence-corrected chi connectivity index (χ4v) is 4.01. The van der Waals surface area contributed by atoms with Gasteiger partial charge in [-0.05, 0) is 38.2 Å². The first-order chi connectivity index (χ1) is 11.5. The first kappa shape index (κ1) is 15.4. The van der Waals surface area contributed by atoms with Crippen LogP contribution in [0.2, 0.25) is 0 Å². The molecule has 3 atom stereocenters. The van der Waals surface area contributed by atoms with Crippen molar-refractivity contribution in [3.63, 3.8) is 0 Å². The number of aromatic nitrogens is 3. The number of fused-ring (bicyclic) bond motifs is 1. The minimum absolute atomic E-state index is 0.104. The molecule has 4 rings (SSSR count). The number of nitrogens with zero attached hydrogens (tertiary/aromatic N) is 4. The van der Waals surface area contributed by atoms with Crippen LogP contribution in [0.3, 0.4) is 0 Å². The molecule has 0 spiro atoms. The Hall–Kier alpha value is -2.15. The Morgan fingerprint density at radius 3 is 2.92 bits per heavy atom. The standard InChI is InChI=1S/C17H22N4O3/c1-10-5-18-21(6-10)9-13-11(2)24-19-16(13)17(23)20-7-12-3-4-15(22)14(12)8-20/h5-6,12,14-15,22H,3-4,7-9H2,1-2H3/t12-,14+,15-/m1/s1. The van der Waals surface area contributed by atoms with Crippen LogP contribution in [0.5, 0.6) is 0 Å². The average Bonchev–Trinajstić information content (AvgIpc) is 3.29. The third-order valence-corrected chi connectivity index (χ3v) is 5.38. The van der Waals surface area contributed by atoms with Crippen molar-refractivity contribution in [2.75, 3.05) is 13.1 Å². The molecule has 7 nitrogen and oxygen atoms in total. The number of amides is 1. The summed E-state index contributed by atoms with van der Waals surface area (Å²) in [7, 11) is 0. The van der Waals surface area contributed by atoms with Gasteiger partial charge in [-0.25, -0.2) is 0 Å². The Labute approximate surface area is 140 Å². The second-order valence-electron chi connectivity index (χ2n) is 7.06. The quantitative estimate of drug-likeness (QED) is 0.919. The summed E-state index contributed by atoms with van der Waals surface area (Å²) >= 11 is 0. The van der Waals surface area contributed by atoms with E-state index in [1.165, 1.54) is 0 Å². The fraction of sp³-hybridized carbons (Fsp3) is 0.588. The zero-order valence-corrected chi connectivity index (χ0v) is 14.0. The highest BCUT2D eigenvalue weighted by Crippen LogP contribution is 2.38. The molecule has 0 unspecified atom stereocenters. The zero-order chi connectivity index (χ0) is 16.8. The molecule has 1 N–H and O–H groups in total. The Morgan fingerprint density at radius 1 is 1.38 bits per heavy atom. The number of hydrogen-bond acceptors (Lipinski definition) is 5. The van der Waals surface area contributed by atoms with Gasteiger partial charge in [0.2, 0.25) is 0 Å². The van der Waals surface area contributed by atoms with Gasteiger partial charge in [-0.15, -0.1) is 0 Å². The van der Waals surface area contributed by atoms with Crippen molar-refractivity contribution in [1.82, 2.24) is 19.8 Å². The molecule has 0 radical (unpaired) electrons. The normalized spacial score (nSPS) is 26.1. The molecule has 2 fully saturated rings. The highest BCUT2D eigenvalue weighted by Gasteiger charge is 2.44. The van der Waals surface area contributed by atoms with Gasteiger partial charge in [0.15, 0.2) is 5.69 Å². The third-order valence-electron chi connectivity index (χ3n) is 5.38. The number of likely N-dealkylation sites (tertiary alicyclic amines) is 1. The Morgan fingerprint density at radius 2 is 2.21 bits per heavy atom. The highest BCUT2D eigenvalue weighted by molar-refractivity contribution is 5.94. The number of hydrogen-bond donors (Lipinski definition) is 1. The van der Waals surface area contributed by atoms with Crippen molar-refractivity contribution in [2.24, 2.45) is 11.8 Å². The van der Waals surface area contributed by atoms with E-state index in [4.69, 9.17) is 4.52 Å². The monoisotopic (exact) mass is 330 g/mol. The van der Waals surface area contributed by atoms with Gasteiger partial charge in [-0.3, -0.25) is 9.48 Å². The Kier molecular flexibility index (Phi) is 3.68. The van der Waals surface area contributed by atoms with Crippen LogP contribution in [-0.2, 0) is 6.54 Å². The molecular weight excluding hydrogens is 308 g/mol. The van der Waals surface area contributed by atoms with Crippen LogP contribution in [0, 0.1) is 25.7 Å². The molecule has 0 bridgehead atoms. The molecule has 128 valence electrons. The number of aliphatic hydroxyl groups is 1. The lowest BCUT2D eigenvalue weighted by Crippen LogP contribution is -2.32. The molecule has 1 saturated heterocycles. The average molecular weight is 330 g/mol. The fourth-order valence-electron chi connectivity index (χ4n) is 4.01. The summed E-state index contributed by atoms with van der Waals surface area (Å²) in [6.07, 6.45) is 5.28. The predicted octanol–water partition coefficient (Wildman–Crippen LogP) is 1.38. The molecular formula is C17H22N4O3. The summed E-state index contributed by atoms with van der Waals surface area (Å²) in [6, 6.07) is 0. The van der Waals surface area contributed by atoms with Crippen molar-refractivity contribution >= 4 is 5.91 Å². The second kappa shape index (κ2) is 5.73. The number of carbonyl (C=O) groups is 1. The lowest BCUT2D eigenvalue weighted by atomic mass is 10.00. The van der Waals surface area contributed by atoms with Gasteiger partial charge in [0.1, 0.15) is 5.76 Å². The first-order valence-electron chi connectivity index (χ1n) is 8.44. The maximum absolute atomic E-state index is 12.9. The lowest BCUT2D eigenvalue weighted by Gasteiger charge is -2.17. The van der Waals surface area contributed by atoms with Crippen LogP contribution in [0.4, 0.5) is 0 Å². The molecule has 1 aliphatic carbocycles. The van der Waals surface area contributed by atoms with E-state index in [2.05, 4.69) is 10.3 Å². The van der Waals surface area contributed by atoms with E-state index in [9.17, 15) is 9.90 Å². The van der Waals surface area contributed by atoms with Crippen molar-refractivity contribution < 1.29 is 14.4 Å². The molecule has 1 aliphatic heterocycles. The SMILES string of the molecule is Cc1cnn(Cc2c(C(=O)N3C[C@H]4CC[C@@H](O)[C@H]4C3)noc2C)c1. The van der Waals surface area contributed by atoms with Crippen LogP contribution in [0.1, 0.15) is 40.2 Å². The van der Waals surface area contributed by atoms with Crippen molar-refractivity contribution in [3.05, 3.63) is 35.0 Å². The van der Waals surface area contributed by atoms with Gasteiger partial charge in [0, 0.05) is 30.8 Å². The van der Waals surface area contributed by atoms with Gasteiger partial charge in [-0.2, -0.15) is 5.10 Å². The third kappa shape index (κ3) is 2.53. The topological polar surface area (TPSA) is 84.4 Å². The first-order valence-corrected chi connectivity index (χ1v) is 8.44. The second-order valence-corrected chi connectivity index (χ2v) is 7.06. The van der Waals surface area contributed by atoms with Gasteiger partial charge in [0.05, 0.1) is 18.8 Å². The van der Waals surface area contributed by atoms with Crippen LogP contribution >= 0.6 is 0 Å². The molecule has 1 amide bonds. The summed E-state index contributed by atoms with van der Waals surface area (Å²) in [5.41, 5.74) is 2.22. The van der Waals surface area contributed by atoms with E-state index in [1.54, 1.807) is 10.9 Å². The molecule has 2 aliphatic rings. The van der Waals surface area contributed by atoms with E-state index in [0.29, 0.717) is 37.0 Å². The number of carbonyl (C=O) groups excluding carboxylic acids is 1. The van der Waals surface area contributed by atoms with Crippen LogP contribution in [0.15, 0.2) is 16.9 Å². The minimum Gasteiger partial charge on any atom is -0.393 e. The summed E-state index contributed by atoms with van der Waals surface area (Å²) in [4.78, 5) is 14.7. The molecule has 2 aromatic rings. The van der Waals surface area contributed by atoms with E-state index < -0.39 is 0 Å². The molecule has 1 saturated carbocycles. The van der Waals surface area contributed by atoms with Gasteiger partial charge in [0.25, 0.3) is 5.91 Å². The summed E-state index contributed by atoms with van der Waals surface area (Å²) < 4.78 is 7.07. The molecule has 3 heterocycles. The summed E-state index contributed by atoms with van der Waals surface area (Å²) in [6.45, 7) is 5.57. The van der Waals surface area contributed by atoms with Gasteiger partial charge < -0.3 is 14.5 Å². The van der Waals surface area contributed by atoms with Gasteiger partial charge >= 0.3 is 0 Å². The smallest absolute Gasteiger partial charge is 0.276 e. The van der Waals surface area contributed by atoms with Crippen molar-refractivity contribution in [3.8, 4) is 0 Å². The zero-order valence-electron chi connectivity index (χ0n) is 14.0. The van der Waals surface area contributed by atoms with Crippen LogP contribution in [0.25, 0.3) is 0 Å². The van der Waals surface area contributed by atoms with Crippen LogP contribution in [-0.4, -0.2) is 50.0 Å². The minimum atomic E-state index is -0.279. The summed E-state index contributed by atoms with van der Waals surface area (Å²) in [5.74, 6) is 1.16. The molecule has 2 aromatic heterocycles. The maximum atomic E-state index is 12.9. The number of aryl methyl sites for hydroxylation is 2. The lowest BCUT2D eigenvalue weighted by molar-refractivity contribution is 0.0741. The maximum Gasteiger partial charge on any atom is 0.276 e. The van der Waals surface area contributed by atoms with E-state index in [1.807, 2.05) is 24.9 Å². The largest absolute Gasteiger partial charge is 0.393 e. The van der Waals surface area contributed by atoms with Crippen molar-refractivity contribution in [2.45, 2.75) is 39.3 Å². The predicted molar refractivity (Wildman–Crippen MR) is 85.4 cm³/mol. The molecule has 24 heavy (non-hydrogen) atoms. The molecule has 7 heteroatoms. The van der Waals surface area contributed by atoms with E-state index >= 15 is 0 Å².